The molecule has 6 heteroatoms. The number of nitrogens with one attached hydrogen (secondary N) is 1. The second kappa shape index (κ2) is 7.51. The summed E-state index contributed by atoms with van der Waals surface area (Å²) >= 11 is 8.32. The standard InChI is InChI=1S/C17H16ClIN2O2/c18-14-6-5-12(19)11-13(14)17(22)20-15-3-1-2-4-16(15)21-7-9-23-10-8-21/h1-6,11H,7-10H2,(H,20,22). The average molecular weight is 443 g/mol. The van der Waals surface area contributed by atoms with Gasteiger partial charge in [0.1, 0.15) is 0 Å². The highest BCUT2D eigenvalue weighted by molar-refractivity contribution is 14.1. The minimum atomic E-state index is -0.200. The number of hydrogen-bond donors (Lipinski definition) is 1. The molecule has 1 aliphatic heterocycles. The van der Waals surface area contributed by atoms with E-state index in [1.165, 1.54) is 0 Å². The molecule has 0 bridgehead atoms. The van der Waals surface area contributed by atoms with Crippen LogP contribution in [0, 0.1) is 3.57 Å². The SMILES string of the molecule is O=C(Nc1ccccc1N1CCOCC1)c1cc(I)ccc1Cl. The monoisotopic (exact) mass is 442 g/mol. The molecule has 0 atom stereocenters. The predicted octanol–water partition coefficient (Wildman–Crippen LogP) is 4.03. The maximum absolute atomic E-state index is 12.6. The van der Waals surface area contributed by atoms with E-state index in [9.17, 15) is 4.79 Å². The van der Waals surface area contributed by atoms with Crippen molar-refractivity contribution in [2.45, 2.75) is 0 Å². The predicted molar refractivity (Wildman–Crippen MR) is 102 cm³/mol. The van der Waals surface area contributed by atoms with E-state index < -0.39 is 0 Å². The van der Waals surface area contributed by atoms with Gasteiger partial charge in [0.15, 0.2) is 0 Å². The molecule has 0 saturated carbocycles. The normalized spacial score (nSPS) is 14.6. The molecule has 1 fully saturated rings. The van der Waals surface area contributed by atoms with Crippen molar-refractivity contribution in [3.63, 3.8) is 0 Å². The van der Waals surface area contributed by atoms with Gasteiger partial charge in [0.25, 0.3) is 5.91 Å². The molecule has 1 heterocycles. The fraction of sp³-hybridized carbons (Fsp3) is 0.235. The molecule has 0 unspecified atom stereocenters. The lowest BCUT2D eigenvalue weighted by Gasteiger charge is -2.30. The number of carbonyl (C=O) groups is 1. The first-order chi connectivity index (χ1) is 11.1. The molecule has 1 aliphatic rings. The molecular weight excluding hydrogens is 427 g/mol. The zero-order chi connectivity index (χ0) is 16.2. The Bertz CT molecular complexity index is 717. The van der Waals surface area contributed by atoms with Crippen LogP contribution in [0.5, 0.6) is 0 Å². The van der Waals surface area contributed by atoms with Gasteiger partial charge in [-0.15, -0.1) is 0 Å². The van der Waals surface area contributed by atoms with Crippen molar-refractivity contribution in [1.29, 1.82) is 0 Å². The maximum atomic E-state index is 12.6. The quantitative estimate of drug-likeness (QED) is 0.730. The second-order valence-corrected chi connectivity index (χ2v) is 6.85. The third kappa shape index (κ3) is 3.97. The Kier molecular flexibility index (Phi) is 5.40. The smallest absolute Gasteiger partial charge is 0.257 e. The highest BCUT2D eigenvalue weighted by Crippen LogP contribution is 2.28. The van der Waals surface area contributed by atoms with Gasteiger partial charge in [-0.25, -0.2) is 0 Å². The second-order valence-electron chi connectivity index (χ2n) is 5.19. The first-order valence-corrected chi connectivity index (χ1v) is 8.79. The van der Waals surface area contributed by atoms with Crippen LogP contribution in [0.25, 0.3) is 0 Å². The number of anilines is 2. The Labute approximate surface area is 153 Å². The summed E-state index contributed by atoms with van der Waals surface area (Å²) in [7, 11) is 0. The van der Waals surface area contributed by atoms with Gasteiger partial charge in [0, 0.05) is 16.7 Å². The van der Waals surface area contributed by atoms with E-state index in [4.69, 9.17) is 16.3 Å². The number of benzene rings is 2. The number of ether oxygens (including phenoxy) is 1. The number of morpholine rings is 1. The summed E-state index contributed by atoms with van der Waals surface area (Å²) in [6, 6.07) is 13.2. The number of rotatable bonds is 3. The zero-order valence-corrected chi connectivity index (χ0v) is 15.3. The third-order valence-electron chi connectivity index (χ3n) is 3.68. The number of amides is 1. The minimum Gasteiger partial charge on any atom is -0.378 e. The van der Waals surface area contributed by atoms with Crippen molar-refractivity contribution < 1.29 is 9.53 Å². The summed E-state index contributed by atoms with van der Waals surface area (Å²) in [6.07, 6.45) is 0. The van der Waals surface area contributed by atoms with E-state index in [0.29, 0.717) is 23.8 Å². The van der Waals surface area contributed by atoms with E-state index >= 15 is 0 Å². The molecule has 2 aromatic carbocycles. The molecule has 120 valence electrons. The van der Waals surface area contributed by atoms with E-state index in [2.05, 4.69) is 32.8 Å². The van der Waals surface area contributed by atoms with E-state index in [1.807, 2.05) is 30.3 Å². The van der Waals surface area contributed by atoms with Crippen LogP contribution >= 0.6 is 34.2 Å². The van der Waals surface area contributed by atoms with Crippen molar-refractivity contribution in [3.05, 3.63) is 56.6 Å². The molecule has 0 aliphatic carbocycles. The number of halogens is 2. The molecule has 2 aromatic rings. The molecule has 1 N–H and O–H groups in total. The Morgan fingerprint density at radius 3 is 2.70 bits per heavy atom. The summed E-state index contributed by atoms with van der Waals surface area (Å²) in [4.78, 5) is 14.8. The molecule has 1 saturated heterocycles. The van der Waals surface area contributed by atoms with Gasteiger partial charge in [-0.1, -0.05) is 23.7 Å². The molecule has 1 amide bonds. The topological polar surface area (TPSA) is 41.6 Å². The summed E-state index contributed by atoms with van der Waals surface area (Å²) in [5, 5.41) is 3.43. The van der Waals surface area contributed by atoms with E-state index in [-0.39, 0.29) is 5.91 Å². The minimum absolute atomic E-state index is 0.200. The van der Waals surface area contributed by atoms with Crippen LogP contribution < -0.4 is 10.2 Å². The zero-order valence-electron chi connectivity index (χ0n) is 12.4. The molecule has 0 radical (unpaired) electrons. The lowest BCUT2D eigenvalue weighted by molar-refractivity contribution is 0.102. The number of para-hydroxylation sites is 2. The summed E-state index contributed by atoms with van der Waals surface area (Å²) < 4.78 is 6.36. The van der Waals surface area contributed by atoms with Crippen LogP contribution in [0.15, 0.2) is 42.5 Å². The summed E-state index contributed by atoms with van der Waals surface area (Å²) in [5.41, 5.74) is 2.27. The van der Waals surface area contributed by atoms with Crippen molar-refractivity contribution in [1.82, 2.24) is 0 Å². The first-order valence-electron chi connectivity index (χ1n) is 7.33. The number of hydrogen-bond acceptors (Lipinski definition) is 3. The van der Waals surface area contributed by atoms with Gasteiger partial charge in [-0.3, -0.25) is 4.79 Å². The average Bonchev–Trinajstić information content (AvgIpc) is 2.58. The van der Waals surface area contributed by atoms with Crippen LogP contribution in [-0.2, 0) is 4.74 Å². The highest BCUT2D eigenvalue weighted by Gasteiger charge is 2.17. The molecule has 3 rings (SSSR count). The fourth-order valence-electron chi connectivity index (χ4n) is 2.52. The third-order valence-corrected chi connectivity index (χ3v) is 4.68. The van der Waals surface area contributed by atoms with Crippen molar-refractivity contribution in [2.75, 3.05) is 36.5 Å². The Hall–Kier alpha value is -1.31. The van der Waals surface area contributed by atoms with Crippen molar-refractivity contribution >= 4 is 51.5 Å². The van der Waals surface area contributed by atoms with Gasteiger partial charge in [0.05, 0.1) is 35.2 Å². The van der Waals surface area contributed by atoms with E-state index in [0.717, 1.165) is 28.0 Å². The van der Waals surface area contributed by atoms with Gasteiger partial charge >= 0.3 is 0 Å². The summed E-state index contributed by atoms with van der Waals surface area (Å²) in [6.45, 7) is 3.03. The lowest BCUT2D eigenvalue weighted by atomic mass is 10.2. The van der Waals surface area contributed by atoms with Gasteiger partial charge in [-0.05, 0) is 52.9 Å². The van der Waals surface area contributed by atoms with Gasteiger partial charge in [0.2, 0.25) is 0 Å². The van der Waals surface area contributed by atoms with Crippen LogP contribution in [0.4, 0.5) is 11.4 Å². The Morgan fingerprint density at radius 1 is 1.17 bits per heavy atom. The van der Waals surface area contributed by atoms with Gasteiger partial charge < -0.3 is 15.0 Å². The van der Waals surface area contributed by atoms with Crippen LogP contribution in [-0.4, -0.2) is 32.2 Å². The van der Waals surface area contributed by atoms with Crippen LogP contribution in [0.1, 0.15) is 10.4 Å². The van der Waals surface area contributed by atoms with Gasteiger partial charge in [-0.2, -0.15) is 0 Å². The maximum Gasteiger partial charge on any atom is 0.257 e. The number of nitrogens with zero attached hydrogens (tertiary/aromatic N) is 1. The largest absolute Gasteiger partial charge is 0.378 e. The fourth-order valence-corrected chi connectivity index (χ4v) is 3.22. The highest BCUT2D eigenvalue weighted by atomic mass is 127. The first kappa shape index (κ1) is 16.5. The molecule has 4 nitrogen and oxygen atoms in total. The molecular formula is C17H16ClIN2O2. The molecule has 0 aromatic heterocycles. The van der Waals surface area contributed by atoms with Crippen molar-refractivity contribution in [3.8, 4) is 0 Å². The van der Waals surface area contributed by atoms with Crippen molar-refractivity contribution in [2.24, 2.45) is 0 Å². The lowest BCUT2D eigenvalue weighted by Crippen LogP contribution is -2.36. The van der Waals surface area contributed by atoms with E-state index in [1.54, 1.807) is 12.1 Å². The Balaban J connectivity index is 1.85. The molecule has 23 heavy (non-hydrogen) atoms. The van der Waals surface area contributed by atoms with Crippen LogP contribution in [0.2, 0.25) is 5.02 Å². The van der Waals surface area contributed by atoms with Crippen LogP contribution in [0.3, 0.4) is 0 Å². The number of carbonyl (C=O) groups excluding carboxylic acids is 1. The summed E-state index contributed by atoms with van der Waals surface area (Å²) in [5.74, 6) is -0.200. The Morgan fingerprint density at radius 2 is 1.91 bits per heavy atom. The molecule has 0 spiro atoms.